The van der Waals surface area contributed by atoms with Crippen molar-refractivity contribution in [3.63, 3.8) is 0 Å². The number of nitrogens with one attached hydrogen (secondary N) is 1. The van der Waals surface area contributed by atoms with Crippen LogP contribution in [0.1, 0.15) is 67.9 Å². The third kappa shape index (κ3) is 7.60. The van der Waals surface area contributed by atoms with Crippen LogP contribution in [0, 0.1) is 17.8 Å². The van der Waals surface area contributed by atoms with Crippen LogP contribution in [0.4, 0.5) is 23.7 Å². The molecule has 2 aromatic rings. The van der Waals surface area contributed by atoms with Gasteiger partial charge in [-0.05, 0) is 97.7 Å². The third-order valence-corrected chi connectivity index (χ3v) is 14.1. The van der Waals surface area contributed by atoms with Gasteiger partial charge < -0.3 is 24.0 Å². The second-order valence-electron chi connectivity index (χ2n) is 15.4. The number of carbonyl (C=O) groups is 2. The van der Waals surface area contributed by atoms with Gasteiger partial charge >= 0.3 is 12.2 Å². The fraction of sp³-hybridized carbons (Fsp3) is 0.590. The van der Waals surface area contributed by atoms with Crippen LogP contribution in [0.2, 0.25) is 5.02 Å². The van der Waals surface area contributed by atoms with E-state index in [0.29, 0.717) is 42.8 Å². The van der Waals surface area contributed by atoms with Crippen molar-refractivity contribution in [2.75, 3.05) is 57.7 Å². The van der Waals surface area contributed by atoms with E-state index in [1.54, 1.807) is 25.3 Å². The van der Waals surface area contributed by atoms with Crippen LogP contribution in [0.25, 0.3) is 0 Å². The molecule has 2 aromatic carbocycles. The Hall–Kier alpha value is -3.33. The Kier molecular flexibility index (Phi) is 11.4. The number of carbonyl (C=O) groups excluding carboxylic acids is 2. The van der Waals surface area contributed by atoms with Gasteiger partial charge in [0.25, 0.3) is 5.91 Å². The molecule has 296 valence electrons. The van der Waals surface area contributed by atoms with Crippen LogP contribution in [-0.4, -0.2) is 91.7 Å². The summed E-state index contributed by atoms with van der Waals surface area (Å²) in [7, 11) is -1.17. The van der Waals surface area contributed by atoms with Gasteiger partial charge in [0.1, 0.15) is 15.7 Å². The van der Waals surface area contributed by atoms with Crippen molar-refractivity contribution in [1.82, 2.24) is 9.62 Å². The van der Waals surface area contributed by atoms with E-state index in [0.717, 1.165) is 49.8 Å². The summed E-state index contributed by atoms with van der Waals surface area (Å²) in [5, 5.41) is 0.697. The van der Waals surface area contributed by atoms with Gasteiger partial charge in [-0.15, -0.1) is 4.36 Å². The second-order valence-corrected chi connectivity index (χ2v) is 17.9. The molecule has 15 heteroatoms. The number of amides is 3. The first-order valence-corrected chi connectivity index (χ1v) is 20.2. The van der Waals surface area contributed by atoms with E-state index < -0.39 is 46.7 Å². The van der Waals surface area contributed by atoms with Crippen molar-refractivity contribution in [2.24, 2.45) is 22.1 Å². The molecule has 2 bridgehead atoms. The molecule has 3 heterocycles. The van der Waals surface area contributed by atoms with Gasteiger partial charge in [-0.1, -0.05) is 44.2 Å². The molecule has 0 aromatic heterocycles. The average molecular weight is 795 g/mol. The molecule has 1 saturated heterocycles. The van der Waals surface area contributed by atoms with Crippen molar-refractivity contribution in [1.29, 1.82) is 0 Å². The summed E-state index contributed by atoms with van der Waals surface area (Å²) in [4.78, 5) is 30.3. The van der Waals surface area contributed by atoms with Crippen LogP contribution in [0.15, 0.2) is 52.9 Å². The number of methoxy groups -OCH3 is 2. The number of aryl methyl sites for hydroxylation is 1. The van der Waals surface area contributed by atoms with Gasteiger partial charge in [-0.2, -0.15) is 13.2 Å². The van der Waals surface area contributed by atoms with E-state index >= 15 is 0 Å². The molecule has 7 rings (SSSR count). The summed E-state index contributed by atoms with van der Waals surface area (Å²) in [6.07, 6.45) is 4.44. The summed E-state index contributed by atoms with van der Waals surface area (Å²) in [6.45, 7) is 2.05. The number of benzene rings is 2. The minimum atomic E-state index is -4.71. The molecular weight excluding hydrogens is 745 g/mol. The molecule has 10 nitrogen and oxygen atoms in total. The number of alkyl halides is 3. The predicted molar refractivity (Wildman–Crippen MR) is 203 cm³/mol. The minimum Gasteiger partial charge on any atom is -0.490 e. The molecule has 6 atom stereocenters. The zero-order valence-electron chi connectivity index (χ0n) is 30.1. The maximum atomic E-state index is 14.4. The number of likely N-dealkylation sites (tertiary alicyclic amines) is 1. The van der Waals surface area contributed by atoms with Crippen LogP contribution in [0.3, 0.4) is 0 Å². The van der Waals surface area contributed by atoms with Crippen molar-refractivity contribution >= 4 is 39.1 Å². The van der Waals surface area contributed by atoms with E-state index in [1.807, 2.05) is 31.2 Å². The summed E-state index contributed by atoms with van der Waals surface area (Å²) in [5.74, 6) is -0.130. The van der Waals surface area contributed by atoms with Crippen molar-refractivity contribution in [3.05, 3.63) is 70.3 Å². The lowest BCUT2D eigenvalue weighted by Gasteiger charge is -2.49. The number of urea groups is 1. The summed E-state index contributed by atoms with van der Waals surface area (Å²) in [5.41, 5.74) is 0.462. The number of hydrogen-bond donors (Lipinski definition) is 1. The Morgan fingerprint density at radius 2 is 1.91 bits per heavy atom. The number of ether oxygens (including phenoxy) is 3. The minimum absolute atomic E-state index is 0. The molecule has 54 heavy (non-hydrogen) atoms. The molecule has 2 aliphatic carbocycles. The van der Waals surface area contributed by atoms with Crippen LogP contribution >= 0.6 is 11.6 Å². The molecule has 1 unspecified atom stereocenters. The number of fused-ring (bicyclic) bond motifs is 4. The van der Waals surface area contributed by atoms with Gasteiger partial charge in [0.2, 0.25) is 0 Å². The highest BCUT2D eigenvalue weighted by molar-refractivity contribution is 7.92. The fourth-order valence-corrected chi connectivity index (χ4v) is 10.8. The van der Waals surface area contributed by atoms with Gasteiger partial charge in [0.05, 0.1) is 37.2 Å². The lowest BCUT2D eigenvalue weighted by atomic mass is 9.68. The van der Waals surface area contributed by atoms with Crippen LogP contribution in [-0.2, 0) is 31.2 Å². The largest absolute Gasteiger partial charge is 0.490 e. The molecule has 3 aliphatic heterocycles. The van der Waals surface area contributed by atoms with E-state index in [9.17, 15) is 27.0 Å². The molecule has 3 amide bonds. The zero-order valence-corrected chi connectivity index (χ0v) is 31.7. The molecule has 1 N–H and O–H groups in total. The SMILES string of the molecule is C.CO[C@H]1/C=C/C[C@H](C)CS(=O)(NC(=O)N2CC(OC)(C(F)(F)F)C2)=NC(=O)c2ccc3c(c2)N(C[C@@H]2CC[C@H]21)C[C@@]1(CCCc2cc(Cl)ccc21)CO3. The van der Waals surface area contributed by atoms with Crippen molar-refractivity contribution in [2.45, 2.75) is 76.2 Å². The number of nitrogens with zero attached hydrogens (tertiary/aromatic N) is 3. The van der Waals surface area contributed by atoms with E-state index in [2.05, 4.69) is 20.1 Å². The van der Waals surface area contributed by atoms with Crippen LogP contribution < -0.4 is 14.4 Å². The molecular formula is C39H50ClF3N4O6S. The first kappa shape index (κ1) is 40.3. The standard InChI is InChI=1S/C38H46ClF3N4O6S.CH4/c1-24-6-4-8-32(50-2)29-12-9-27(29)18-45-20-36(15-5-7-25-16-28(39)11-13-30(25)36)23-52-33-14-10-26(17-31(33)45)34(47)43-53(49,19-24)44-35(48)46-21-37(22-46,51-3)38(40,41)42;/h4,8,10-11,13-14,16-17,24,27,29,32H,5-7,9,12,15,18-23H2,1-3H3,(H,43,44,47,48,49);1H4/b8-4+;/t24-,27-,29+,32-,36-,53?;/m0./s1. The number of halogens is 4. The smallest absolute Gasteiger partial charge is 0.420 e. The summed E-state index contributed by atoms with van der Waals surface area (Å²) in [6, 6.07) is 10.1. The first-order valence-electron chi connectivity index (χ1n) is 18.1. The average Bonchev–Trinajstić information content (AvgIpc) is 3.21. The molecule has 2 fully saturated rings. The fourth-order valence-electron chi connectivity index (χ4n) is 8.71. The Balaban J connectivity index is 0.00000497. The van der Waals surface area contributed by atoms with Gasteiger partial charge in [0, 0.05) is 43.3 Å². The highest BCUT2D eigenvalue weighted by atomic mass is 35.5. The number of allylic oxidation sites excluding steroid dienone is 1. The number of hydrogen-bond acceptors (Lipinski definition) is 7. The monoisotopic (exact) mass is 794 g/mol. The lowest BCUT2D eigenvalue weighted by molar-refractivity contribution is -0.303. The Morgan fingerprint density at radius 1 is 1.13 bits per heavy atom. The maximum absolute atomic E-state index is 14.4. The number of rotatable bonds is 3. The van der Waals surface area contributed by atoms with Crippen molar-refractivity contribution < 1.29 is 41.2 Å². The zero-order chi connectivity index (χ0) is 37.8. The van der Waals surface area contributed by atoms with Gasteiger partial charge in [-0.25, -0.2) is 9.00 Å². The maximum Gasteiger partial charge on any atom is 0.420 e. The Bertz CT molecular complexity index is 1910. The highest BCUT2D eigenvalue weighted by Gasteiger charge is 2.64. The Morgan fingerprint density at radius 3 is 2.59 bits per heavy atom. The van der Waals surface area contributed by atoms with E-state index in [4.69, 9.17) is 25.8 Å². The van der Waals surface area contributed by atoms with Gasteiger partial charge in [0.15, 0.2) is 5.60 Å². The van der Waals surface area contributed by atoms with Crippen molar-refractivity contribution in [3.8, 4) is 5.75 Å². The summed E-state index contributed by atoms with van der Waals surface area (Å²) >= 11 is 6.43. The third-order valence-electron chi connectivity index (χ3n) is 11.8. The van der Waals surface area contributed by atoms with E-state index in [-0.39, 0.29) is 42.1 Å². The first-order chi connectivity index (χ1) is 25.2. The topological polar surface area (TPSA) is 110 Å². The summed E-state index contributed by atoms with van der Waals surface area (Å²) < 4.78 is 79.2. The quantitative estimate of drug-likeness (QED) is 0.319. The molecule has 5 aliphatic rings. The predicted octanol–water partition coefficient (Wildman–Crippen LogP) is 7.58. The Labute approximate surface area is 321 Å². The normalized spacial score (nSPS) is 31.2. The molecule has 0 radical (unpaired) electrons. The van der Waals surface area contributed by atoms with Crippen LogP contribution in [0.5, 0.6) is 5.75 Å². The number of anilines is 1. The van der Waals surface area contributed by atoms with Gasteiger partial charge in [-0.3, -0.25) is 9.52 Å². The molecule has 1 saturated carbocycles. The lowest BCUT2D eigenvalue weighted by Crippen LogP contribution is -2.72. The molecule has 1 spiro atoms. The second kappa shape index (κ2) is 15.3. The highest BCUT2D eigenvalue weighted by Crippen LogP contribution is 2.47. The van der Waals surface area contributed by atoms with E-state index in [1.165, 1.54) is 11.1 Å².